The van der Waals surface area contributed by atoms with Crippen LogP contribution in [-0.2, 0) is 14.8 Å². The van der Waals surface area contributed by atoms with Crippen molar-refractivity contribution in [1.82, 2.24) is 14.3 Å². The van der Waals surface area contributed by atoms with Crippen molar-refractivity contribution in [2.75, 3.05) is 18.8 Å². The minimum absolute atomic E-state index is 0.0743. The quantitative estimate of drug-likeness (QED) is 0.726. The van der Waals surface area contributed by atoms with Gasteiger partial charge in [0, 0.05) is 29.8 Å². The zero-order chi connectivity index (χ0) is 21.0. The first-order valence-corrected chi connectivity index (χ1v) is 12.1. The lowest BCUT2D eigenvalue weighted by Crippen LogP contribution is -2.50. The van der Waals surface area contributed by atoms with Crippen molar-refractivity contribution in [1.29, 1.82) is 0 Å². The number of aromatic nitrogens is 2. The summed E-state index contributed by atoms with van der Waals surface area (Å²) in [5, 5.41) is 0. The highest BCUT2D eigenvalue weighted by Gasteiger charge is 2.65. The van der Waals surface area contributed by atoms with Crippen LogP contribution in [0.1, 0.15) is 57.3 Å². The molecule has 1 aromatic rings. The second kappa shape index (κ2) is 7.01. The minimum atomic E-state index is -3.56. The van der Waals surface area contributed by atoms with Crippen LogP contribution >= 0.6 is 0 Å². The van der Waals surface area contributed by atoms with Crippen LogP contribution in [0.25, 0.3) is 0 Å². The molecule has 4 rings (SSSR count). The van der Waals surface area contributed by atoms with Crippen LogP contribution in [0, 0.1) is 30.6 Å². The second-order valence-electron chi connectivity index (χ2n) is 9.60. The molecular weight excluding hydrogens is 390 g/mol. The van der Waals surface area contributed by atoms with Crippen molar-refractivity contribution in [3.8, 4) is 6.01 Å². The van der Waals surface area contributed by atoms with Gasteiger partial charge in [-0.2, -0.15) is 4.31 Å². The fraction of sp³-hybridized carbons (Fsp3) is 0.762. The molecule has 0 radical (unpaired) electrons. The smallest absolute Gasteiger partial charge is 0.317 e. The highest BCUT2D eigenvalue weighted by atomic mass is 32.2. The largest absolute Gasteiger partial charge is 0.459 e. The van der Waals surface area contributed by atoms with Crippen molar-refractivity contribution >= 4 is 15.8 Å². The van der Waals surface area contributed by atoms with Crippen molar-refractivity contribution in [3.63, 3.8) is 0 Å². The molecular formula is C21H31N3O4S. The Hall–Kier alpha value is -1.54. The van der Waals surface area contributed by atoms with Gasteiger partial charge in [0.15, 0.2) is 0 Å². The number of carbonyl (C=O) groups excluding carboxylic acids is 1. The van der Waals surface area contributed by atoms with E-state index in [-0.39, 0.29) is 29.6 Å². The summed E-state index contributed by atoms with van der Waals surface area (Å²) in [5.74, 6) is 0.370. The van der Waals surface area contributed by atoms with E-state index < -0.39 is 15.4 Å². The van der Waals surface area contributed by atoms with Crippen LogP contribution in [0.2, 0.25) is 0 Å². The van der Waals surface area contributed by atoms with Crippen molar-refractivity contribution in [3.05, 3.63) is 17.5 Å². The van der Waals surface area contributed by atoms with Crippen LogP contribution in [-0.4, -0.2) is 53.4 Å². The van der Waals surface area contributed by atoms with Gasteiger partial charge in [-0.3, -0.25) is 4.79 Å². The number of Topliss-reactive ketones (excluding diaryl/α,β-unsaturated/α-hetero) is 1. The first-order chi connectivity index (χ1) is 13.5. The predicted octanol–water partition coefficient (Wildman–Crippen LogP) is 2.66. The lowest BCUT2D eigenvalue weighted by atomic mass is 9.70. The number of ether oxygens (including phenoxy) is 1. The van der Waals surface area contributed by atoms with Crippen LogP contribution in [0.4, 0.5) is 0 Å². The van der Waals surface area contributed by atoms with Crippen molar-refractivity contribution < 1.29 is 17.9 Å². The molecule has 3 aliphatic rings. The van der Waals surface area contributed by atoms with E-state index in [1.54, 1.807) is 0 Å². The molecule has 3 atom stereocenters. The van der Waals surface area contributed by atoms with Gasteiger partial charge in [-0.1, -0.05) is 13.8 Å². The number of nitrogens with zero attached hydrogens (tertiary/aromatic N) is 3. The van der Waals surface area contributed by atoms with Gasteiger partial charge in [0.1, 0.15) is 11.9 Å². The van der Waals surface area contributed by atoms with Gasteiger partial charge in [0.2, 0.25) is 10.0 Å². The molecule has 8 heteroatoms. The number of hydrogen-bond acceptors (Lipinski definition) is 6. The molecule has 3 fully saturated rings. The average Bonchev–Trinajstić information content (AvgIpc) is 2.95. The normalized spacial score (nSPS) is 31.9. The van der Waals surface area contributed by atoms with E-state index in [1.807, 2.05) is 19.9 Å². The summed E-state index contributed by atoms with van der Waals surface area (Å²) in [5.41, 5.74) is 0.658. The van der Waals surface area contributed by atoms with Gasteiger partial charge in [0.05, 0.1) is 12.3 Å². The summed E-state index contributed by atoms with van der Waals surface area (Å²) >= 11 is 0. The third-order valence-electron chi connectivity index (χ3n) is 7.54. The molecule has 29 heavy (non-hydrogen) atoms. The Kier molecular flexibility index (Phi) is 5.01. The second-order valence-corrected chi connectivity index (χ2v) is 11.6. The van der Waals surface area contributed by atoms with Gasteiger partial charge in [-0.25, -0.2) is 18.4 Å². The Morgan fingerprint density at radius 1 is 1.21 bits per heavy atom. The summed E-state index contributed by atoms with van der Waals surface area (Å²) in [7, 11) is -3.56. The van der Waals surface area contributed by atoms with Gasteiger partial charge < -0.3 is 4.74 Å². The Labute approximate surface area is 173 Å². The molecule has 160 valence electrons. The molecule has 1 aliphatic heterocycles. The van der Waals surface area contributed by atoms with Gasteiger partial charge in [-0.15, -0.1) is 0 Å². The zero-order valence-electron chi connectivity index (χ0n) is 17.8. The predicted molar refractivity (Wildman–Crippen MR) is 109 cm³/mol. The molecule has 0 spiro atoms. The Bertz CT molecular complexity index is 910. The number of piperidine rings is 1. The lowest BCUT2D eigenvalue weighted by molar-refractivity contribution is -0.128. The maximum absolute atomic E-state index is 13.4. The molecule has 1 saturated heterocycles. The van der Waals surface area contributed by atoms with Crippen LogP contribution in [0.5, 0.6) is 6.01 Å². The fourth-order valence-corrected chi connectivity index (χ4v) is 7.94. The van der Waals surface area contributed by atoms with E-state index in [4.69, 9.17) is 4.74 Å². The van der Waals surface area contributed by atoms with E-state index in [0.717, 1.165) is 30.7 Å². The van der Waals surface area contributed by atoms with Gasteiger partial charge in [0.25, 0.3) is 0 Å². The van der Waals surface area contributed by atoms with E-state index in [2.05, 4.69) is 23.8 Å². The molecule has 7 nitrogen and oxygen atoms in total. The number of hydrogen-bond donors (Lipinski definition) is 0. The first kappa shape index (κ1) is 20.7. The molecule has 1 aromatic heterocycles. The third kappa shape index (κ3) is 3.48. The van der Waals surface area contributed by atoms with Gasteiger partial charge >= 0.3 is 6.01 Å². The summed E-state index contributed by atoms with van der Waals surface area (Å²) in [6.07, 6.45) is 3.37. The molecule has 0 aromatic carbocycles. The van der Waals surface area contributed by atoms with Crippen LogP contribution in [0.15, 0.2) is 6.07 Å². The molecule has 2 heterocycles. The van der Waals surface area contributed by atoms with Crippen LogP contribution in [0.3, 0.4) is 0 Å². The summed E-state index contributed by atoms with van der Waals surface area (Å²) in [4.78, 5) is 21.4. The standard InChI is InChI=1S/C21H31N3O4S/c1-14-10-15(2)23-19(22-14)28-17-6-5-9-24(12-17)29(26,27)13-21-8-7-16(11-18(21)25)20(21,3)4/h10,16-17H,5-9,11-13H2,1-4H3. The molecule has 2 bridgehead atoms. The average molecular weight is 422 g/mol. The summed E-state index contributed by atoms with van der Waals surface area (Å²) in [6.45, 7) is 8.67. The number of fused-ring (bicyclic) bond motifs is 2. The number of aryl methyl sites for hydroxylation is 2. The molecule has 0 amide bonds. The summed E-state index contributed by atoms with van der Waals surface area (Å²) < 4.78 is 34.2. The topological polar surface area (TPSA) is 89.5 Å². The first-order valence-electron chi connectivity index (χ1n) is 10.5. The lowest BCUT2D eigenvalue weighted by Gasteiger charge is -2.39. The maximum Gasteiger partial charge on any atom is 0.317 e. The maximum atomic E-state index is 13.4. The van der Waals surface area contributed by atoms with Gasteiger partial charge in [-0.05, 0) is 56.9 Å². The van der Waals surface area contributed by atoms with Crippen molar-refractivity contribution in [2.45, 2.75) is 65.9 Å². The highest BCUT2D eigenvalue weighted by molar-refractivity contribution is 7.89. The van der Waals surface area contributed by atoms with E-state index in [9.17, 15) is 13.2 Å². The number of ketones is 1. The third-order valence-corrected chi connectivity index (χ3v) is 9.51. The van der Waals surface area contributed by atoms with E-state index in [0.29, 0.717) is 31.3 Å². The number of rotatable bonds is 5. The highest BCUT2D eigenvalue weighted by Crippen LogP contribution is 2.64. The number of sulfonamides is 1. The van der Waals surface area contributed by atoms with E-state index >= 15 is 0 Å². The SMILES string of the molecule is Cc1cc(C)nc(OC2CCCN(S(=O)(=O)CC34CCC(CC3=O)C4(C)C)C2)n1. The van der Waals surface area contributed by atoms with E-state index in [1.165, 1.54) is 4.31 Å². The van der Waals surface area contributed by atoms with Crippen molar-refractivity contribution in [2.24, 2.45) is 16.7 Å². The zero-order valence-corrected chi connectivity index (χ0v) is 18.6. The van der Waals surface area contributed by atoms with Crippen LogP contribution < -0.4 is 4.74 Å². The molecule has 2 saturated carbocycles. The molecule has 0 N–H and O–H groups in total. The Morgan fingerprint density at radius 2 is 1.90 bits per heavy atom. The number of carbonyl (C=O) groups is 1. The molecule has 3 unspecified atom stereocenters. The molecule has 2 aliphatic carbocycles. The summed E-state index contributed by atoms with van der Waals surface area (Å²) in [6, 6.07) is 2.18. The monoisotopic (exact) mass is 421 g/mol. The Morgan fingerprint density at radius 3 is 2.48 bits per heavy atom. The Balaban J connectivity index is 1.49. The minimum Gasteiger partial charge on any atom is -0.459 e. The fourth-order valence-electron chi connectivity index (χ4n) is 5.66.